The van der Waals surface area contributed by atoms with Crippen LogP contribution >= 0.6 is 0 Å². The molecule has 0 amide bonds. The third kappa shape index (κ3) is 1.50. The Morgan fingerprint density at radius 1 is 1.33 bits per heavy atom. The van der Waals surface area contributed by atoms with Crippen LogP contribution in [0.4, 0.5) is 0 Å². The minimum atomic E-state index is -2.51. The van der Waals surface area contributed by atoms with Crippen molar-refractivity contribution in [2.75, 3.05) is 0 Å². The first kappa shape index (κ1) is 6.22. The second-order valence-electron chi connectivity index (χ2n) is 1.45. The van der Waals surface area contributed by atoms with Crippen LogP contribution in [0.25, 0.3) is 0 Å². The summed E-state index contributed by atoms with van der Waals surface area (Å²) < 4.78 is 20.4. The molecule has 3 nitrogen and oxygen atoms in total. The molecule has 0 unspecified atom stereocenters. The van der Waals surface area contributed by atoms with E-state index in [2.05, 4.69) is 4.98 Å². The van der Waals surface area contributed by atoms with Crippen molar-refractivity contribution >= 4 is 10.7 Å². The van der Waals surface area contributed by atoms with E-state index in [0.717, 1.165) is 0 Å². The van der Waals surface area contributed by atoms with E-state index in [0.29, 0.717) is 0 Å². The summed E-state index contributed by atoms with van der Waals surface area (Å²) >= 11 is 0. The maximum atomic E-state index is 10.2. The van der Waals surface area contributed by atoms with Gasteiger partial charge in [0, 0.05) is 6.20 Å². The quantitative estimate of drug-likeness (QED) is 0.565. The minimum absolute atomic E-state index is 0.118. The van der Waals surface area contributed by atoms with Crippen LogP contribution in [0.15, 0.2) is 29.4 Å². The molecule has 0 aliphatic rings. The smallest absolute Gasteiger partial charge is 0.185 e. The van der Waals surface area contributed by atoms with Gasteiger partial charge in [0.1, 0.15) is 0 Å². The SMILES string of the molecule is O=[SH](=O)c1ccccn1. The zero-order valence-corrected chi connectivity index (χ0v) is 5.41. The summed E-state index contributed by atoms with van der Waals surface area (Å²) in [5.41, 5.74) is 0. The van der Waals surface area contributed by atoms with Crippen LogP contribution in [0.3, 0.4) is 0 Å². The first-order chi connectivity index (χ1) is 4.30. The van der Waals surface area contributed by atoms with Crippen LogP contribution < -0.4 is 0 Å². The number of hydrogen-bond acceptors (Lipinski definition) is 3. The van der Waals surface area contributed by atoms with E-state index in [1.54, 1.807) is 12.1 Å². The molecule has 0 bridgehead atoms. The minimum Gasteiger partial charge on any atom is -0.245 e. The topological polar surface area (TPSA) is 47.0 Å². The van der Waals surface area contributed by atoms with Crippen molar-refractivity contribution in [1.82, 2.24) is 4.98 Å². The normalized spacial score (nSPS) is 9.89. The maximum Gasteiger partial charge on any atom is 0.185 e. The van der Waals surface area contributed by atoms with Gasteiger partial charge >= 0.3 is 0 Å². The summed E-state index contributed by atoms with van der Waals surface area (Å²) in [4.78, 5) is 3.58. The first-order valence-electron chi connectivity index (χ1n) is 2.36. The summed E-state index contributed by atoms with van der Waals surface area (Å²) in [5, 5.41) is 0.118. The van der Waals surface area contributed by atoms with Crippen LogP contribution in [0.2, 0.25) is 0 Å². The van der Waals surface area contributed by atoms with Crippen LogP contribution in [-0.2, 0) is 10.7 Å². The molecule has 0 aliphatic carbocycles. The van der Waals surface area contributed by atoms with Crippen molar-refractivity contribution in [3.63, 3.8) is 0 Å². The molecule has 0 aliphatic heterocycles. The van der Waals surface area contributed by atoms with Crippen molar-refractivity contribution in [2.24, 2.45) is 0 Å². The Balaban J connectivity index is 3.13. The van der Waals surface area contributed by atoms with Crippen LogP contribution in [0.5, 0.6) is 0 Å². The summed E-state index contributed by atoms with van der Waals surface area (Å²) in [7, 11) is -2.51. The molecule has 1 heterocycles. The van der Waals surface area contributed by atoms with Crippen molar-refractivity contribution in [3.05, 3.63) is 24.4 Å². The molecule has 0 saturated heterocycles. The monoisotopic (exact) mass is 143 g/mol. The van der Waals surface area contributed by atoms with Crippen molar-refractivity contribution in [1.29, 1.82) is 0 Å². The molecule has 1 aromatic rings. The molecule has 1 aromatic heterocycles. The van der Waals surface area contributed by atoms with E-state index in [1.165, 1.54) is 12.3 Å². The largest absolute Gasteiger partial charge is 0.245 e. The lowest BCUT2D eigenvalue weighted by molar-refractivity contribution is 0.611. The number of rotatable bonds is 1. The summed E-state index contributed by atoms with van der Waals surface area (Å²) in [6.45, 7) is 0. The van der Waals surface area contributed by atoms with E-state index in [9.17, 15) is 8.42 Å². The van der Waals surface area contributed by atoms with Crippen LogP contribution in [0.1, 0.15) is 0 Å². The molecule has 0 spiro atoms. The average Bonchev–Trinajstić information content (AvgIpc) is 1.90. The molecular formula is C5H5NO2S. The summed E-state index contributed by atoms with van der Waals surface area (Å²) in [5.74, 6) is 0. The number of thiol groups is 1. The maximum absolute atomic E-state index is 10.2. The zero-order valence-electron chi connectivity index (χ0n) is 4.52. The summed E-state index contributed by atoms with van der Waals surface area (Å²) in [6.07, 6.45) is 1.44. The zero-order chi connectivity index (χ0) is 6.69. The van der Waals surface area contributed by atoms with Crippen molar-refractivity contribution in [3.8, 4) is 0 Å². The fourth-order valence-corrected chi connectivity index (χ4v) is 0.830. The van der Waals surface area contributed by atoms with Crippen molar-refractivity contribution < 1.29 is 8.42 Å². The third-order valence-corrected chi connectivity index (χ3v) is 1.47. The third-order valence-electron chi connectivity index (χ3n) is 0.836. The van der Waals surface area contributed by atoms with E-state index in [-0.39, 0.29) is 5.03 Å². The van der Waals surface area contributed by atoms with Gasteiger partial charge in [-0.05, 0) is 12.1 Å². The summed E-state index contributed by atoms with van der Waals surface area (Å²) in [6, 6.07) is 4.75. The second-order valence-corrected chi connectivity index (χ2v) is 2.42. The number of pyridine rings is 1. The molecule has 0 saturated carbocycles. The number of aromatic nitrogens is 1. The Labute approximate surface area is 54.3 Å². The van der Waals surface area contributed by atoms with Crippen LogP contribution in [0, 0.1) is 0 Å². The van der Waals surface area contributed by atoms with Gasteiger partial charge in [-0.25, -0.2) is 13.4 Å². The highest BCUT2D eigenvalue weighted by Gasteiger charge is 1.89. The molecule has 48 valence electrons. The average molecular weight is 143 g/mol. The van der Waals surface area contributed by atoms with E-state index in [1.807, 2.05) is 0 Å². The van der Waals surface area contributed by atoms with Gasteiger partial charge < -0.3 is 0 Å². The predicted molar refractivity (Wildman–Crippen MR) is 32.8 cm³/mol. The van der Waals surface area contributed by atoms with Gasteiger partial charge in [-0.3, -0.25) is 0 Å². The molecule has 0 fully saturated rings. The lowest BCUT2D eigenvalue weighted by Gasteiger charge is -1.83. The van der Waals surface area contributed by atoms with E-state index < -0.39 is 10.7 Å². The predicted octanol–water partition coefficient (Wildman–Crippen LogP) is 0.0519. The fourth-order valence-electron chi connectivity index (χ4n) is 0.462. The number of nitrogens with zero attached hydrogens (tertiary/aromatic N) is 1. The Kier molecular flexibility index (Phi) is 1.79. The second kappa shape index (κ2) is 2.59. The fraction of sp³-hybridized carbons (Fsp3) is 0. The Morgan fingerprint density at radius 2 is 2.11 bits per heavy atom. The molecule has 0 atom stereocenters. The van der Waals surface area contributed by atoms with Gasteiger partial charge in [0.25, 0.3) is 0 Å². The molecular weight excluding hydrogens is 138 g/mol. The highest BCUT2D eigenvalue weighted by Crippen LogP contribution is 1.91. The van der Waals surface area contributed by atoms with Gasteiger partial charge in [-0.2, -0.15) is 0 Å². The highest BCUT2D eigenvalue weighted by molar-refractivity contribution is 7.72. The highest BCUT2D eigenvalue weighted by atomic mass is 32.2. The van der Waals surface area contributed by atoms with Gasteiger partial charge in [0.05, 0.1) is 0 Å². The van der Waals surface area contributed by atoms with E-state index >= 15 is 0 Å². The first-order valence-corrected chi connectivity index (χ1v) is 3.54. The molecule has 4 heteroatoms. The molecule has 1 rings (SSSR count). The molecule has 0 aromatic carbocycles. The van der Waals surface area contributed by atoms with Gasteiger partial charge in [0.15, 0.2) is 15.7 Å². The molecule has 0 radical (unpaired) electrons. The Bertz CT molecular complexity index is 247. The van der Waals surface area contributed by atoms with Gasteiger partial charge in [-0.15, -0.1) is 0 Å². The lowest BCUT2D eigenvalue weighted by Crippen LogP contribution is -1.82. The standard InChI is InChI=1S/C5H5NO2S/c7-9(8)5-3-1-2-4-6-5/h1-4,9H. The van der Waals surface area contributed by atoms with Crippen molar-refractivity contribution in [2.45, 2.75) is 5.03 Å². The Hall–Kier alpha value is -0.900. The van der Waals surface area contributed by atoms with E-state index in [4.69, 9.17) is 0 Å². The van der Waals surface area contributed by atoms with Gasteiger partial charge in [-0.1, -0.05) is 6.07 Å². The molecule has 9 heavy (non-hydrogen) atoms. The van der Waals surface area contributed by atoms with Gasteiger partial charge in [0.2, 0.25) is 0 Å². The Morgan fingerprint density at radius 3 is 2.44 bits per heavy atom. The lowest BCUT2D eigenvalue weighted by atomic mass is 10.5. The van der Waals surface area contributed by atoms with Crippen LogP contribution in [-0.4, -0.2) is 13.4 Å². The molecule has 0 N–H and O–H groups in total. The number of hydrogen-bond donors (Lipinski definition) is 1.